The summed E-state index contributed by atoms with van der Waals surface area (Å²) in [7, 11) is 3.27. The number of rotatable bonds is 11. The highest BCUT2D eigenvalue weighted by Crippen LogP contribution is 2.40. The van der Waals surface area contributed by atoms with Crippen molar-refractivity contribution in [3.63, 3.8) is 0 Å². The van der Waals surface area contributed by atoms with Gasteiger partial charge < -0.3 is 23.8 Å². The molecule has 2 heterocycles. The van der Waals surface area contributed by atoms with E-state index in [1.165, 1.54) is 12.4 Å². The molecule has 1 aliphatic heterocycles. The van der Waals surface area contributed by atoms with Gasteiger partial charge >= 0.3 is 0 Å². The predicted octanol–water partition coefficient (Wildman–Crippen LogP) is 7.41. The number of methoxy groups -OCH3 is 2. The summed E-state index contributed by atoms with van der Waals surface area (Å²) in [5, 5.41) is 0. The van der Waals surface area contributed by atoms with Crippen LogP contribution in [0.4, 0.5) is 0 Å². The van der Waals surface area contributed by atoms with E-state index in [1.807, 2.05) is 109 Å². The Kier molecular flexibility index (Phi) is 9.77. The smallest absolute Gasteiger partial charge is 0.274 e. The van der Waals surface area contributed by atoms with Crippen LogP contribution >= 0.6 is 0 Å². The quantitative estimate of drug-likeness (QED) is 0.151. The zero-order valence-electron chi connectivity index (χ0n) is 26.8. The van der Waals surface area contributed by atoms with Gasteiger partial charge in [0.2, 0.25) is 0 Å². The minimum absolute atomic E-state index is 0.194. The number of carbonyl (C=O) groups is 1. The number of carbonyl (C=O) groups excluding carboxylic acids is 1. The number of ether oxygens (including phenoxy) is 4. The summed E-state index contributed by atoms with van der Waals surface area (Å²) < 4.78 is 23.9. The van der Waals surface area contributed by atoms with Gasteiger partial charge in [-0.15, -0.1) is 0 Å². The summed E-state index contributed by atoms with van der Waals surface area (Å²) in [6.45, 7) is 3.35. The van der Waals surface area contributed by atoms with Crippen molar-refractivity contribution in [3.8, 4) is 23.0 Å². The molecule has 0 aliphatic carbocycles. The lowest BCUT2D eigenvalue weighted by Gasteiger charge is -2.36. The minimum atomic E-state index is -0.402. The summed E-state index contributed by atoms with van der Waals surface area (Å²) in [5.74, 6) is 2.37. The van der Waals surface area contributed by atoms with Gasteiger partial charge in [-0.25, -0.2) is 4.98 Å². The summed E-state index contributed by atoms with van der Waals surface area (Å²) >= 11 is 0. The third kappa shape index (κ3) is 7.28. The first-order valence-corrected chi connectivity index (χ1v) is 15.5. The summed E-state index contributed by atoms with van der Waals surface area (Å²) in [4.78, 5) is 24.1. The number of fused-ring (bicyclic) bond motifs is 1. The van der Waals surface area contributed by atoms with Crippen molar-refractivity contribution in [1.82, 2.24) is 14.9 Å². The van der Waals surface area contributed by atoms with E-state index in [0.717, 1.165) is 33.4 Å². The number of aryl methyl sites for hydroxylation is 1. The highest BCUT2D eigenvalue weighted by atomic mass is 16.5. The second-order valence-electron chi connectivity index (χ2n) is 11.3. The van der Waals surface area contributed by atoms with Gasteiger partial charge in [-0.1, -0.05) is 72.8 Å². The highest BCUT2D eigenvalue weighted by Gasteiger charge is 2.32. The molecule has 0 fully saturated rings. The summed E-state index contributed by atoms with van der Waals surface area (Å²) in [6, 6.07) is 27.6. The van der Waals surface area contributed by atoms with Crippen molar-refractivity contribution < 1.29 is 23.7 Å². The second kappa shape index (κ2) is 14.6. The van der Waals surface area contributed by atoms with Gasteiger partial charge in [-0.05, 0) is 71.0 Å². The first kappa shape index (κ1) is 31.4. The van der Waals surface area contributed by atoms with Crippen LogP contribution in [0.3, 0.4) is 0 Å². The molecule has 0 saturated heterocycles. The van der Waals surface area contributed by atoms with Crippen LogP contribution in [0.2, 0.25) is 0 Å². The van der Waals surface area contributed by atoms with Gasteiger partial charge in [0, 0.05) is 18.9 Å². The van der Waals surface area contributed by atoms with E-state index in [9.17, 15) is 4.79 Å². The largest absolute Gasteiger partial charge is 0.493 e. The molecule has 0 spiro atoms. The van der Waals surface area contributed by atoms with Crippen LogP contribution < -0.4 is 18.9 Å². The molecule has 1 unspecified atom stereocenters. The van der Waals surface area contributed by atoms with Crippen LogP contribution in [-0.4, -0.2) is 41.5 Å². The zero-order valence-corrected chi connectivity index (χ0v) is 26.8. The van der Waals surface area contributed by atoms with Crippen LogP contribution in [0.25, 0.3) is 6.08 Å². The Labute approximate surface area is 275 Å². The van der Waals surface area contributed by atoms with Crippen LogP contribution in [-0.2, 0) is 19.6 Å². The standard InChI is InChI=1S/C39H37N3O5/c1-27-20-35(44-2)37(46-25-28-10-6-4-7-11-28)21-30(27)14-15-34-32-23-36(45-3)38(47-26-29-12-8-5-9-13-29)22-31(32)16-19-42(34)39(43)33-24-40-17-18-41-33/h4-15,17-18,20-24,34H,16,19,25-26H2,1-3H3/b15-14+. The van der Waals surface area contributed by atoms with Crippen LogP contribution in [0.15, 0.2) is 110 Å². The Morgan fingerprint density at radius 3 is 2.09 bits per heavy atom. The molecule has 1 atom stereocenters. The van der Waals surface area contributed by atoms with Gasteiger partial charge in [-0.2, -0.15) is 0 Å². The van der Waals surface area contributed by atoms with Crippen LogP contribution in [0.1, 0.15) is 49.9 Å². The molecular formula is C39H37N3O5. The number of amides is 1. The van der Waals surface area contributed by atoms with Crippen molar-refractivity contribution in [3.05, 3.63) is 149 Å². The molecule has 6 rings (SSSR count). The predicted molar refractivity (Wildman–Crippen MR) is 181 cm³/mol. The lowest BCUT2D eigenvalue weighted by atomic mass is 9.90. The first-order valence-electron chi connectivity index (χ1n) is 15.5. The van der Waals surface area contributed by atoms with E-state index in [0.29, 0.717) is 54.9 Å². The van der Waals surface area contributed by atoms with Gasteiger partial charge in [0.25, 0.3) is 5.91 Å². The van der Waals surface area contributed by atoms with Gasteiger partial charge in [0.05, 0.1) is 26.5 Å². The van der Waals surface area contributed by atoms with Crippen molar-refractivity contribution in [2.75, 3.05) is 20.8 Å². The molecule has 8 nitrogen and oxygen atoms in total. The van der Waals surface area contributed by atoms with Crippen LogP contribution in [0.5, 0.6) is 23.0 Å². The fraction of sp³-hybridized carbons (Fsp3) is 0.205. The number of hydrogen-bond acceptors (Lipinski definition) is 7. The van der Waals surface area contributed by atoms with E-state index in [-0.39, 0.29) is 5.91 Å². The number of aromatic nitrogens is 2. The van der Waals surface area contributed by atoms with E-state index < -0.39 is 6.04 Å². The number of hydrogen-bond donors (Lipinski definition) is 0. The molecule has 0 bridgehead atoms. The maximum atomic E-state index is 13.8. The normalized spacial score (nSPS) is 14.0. The molecule has 0 N–H and O–H groups in total. The fourth-order valence-corrected chi connectivity index (χ4v) is 5.72. The van der Waals surface area contributed by atoms with E-state index in [4.69, 9.17) is 18.9 Å². The van der Waals surface area contributed by atoms with E-state index in [1.54, 1.807) is 20.4 Å². The third-order valence-corrected chi connectivity index (χ3v) is 8.23. The first-order chi connectivity index (χ1) is 23.0. The Balaban J connectivity index is 1.35. The van der Waals surface area contributed by atoms with Crippen molar-refractivity contribution in [2.45, 2.75) is 32.6 Å². The third-order valence-electron chi connectivity index (χ3n) is 8.23. The molecule has 1 amide bonds. The Hall–Kier alpha value is -5.63. The van der Waals surface area contributed by atoms with Crippen molar-refractivity contribution >= 4 is 12.0 Å². The monoisotopic (exact) mass is 627 g/mol. The molecule has 8 heteroatoms. The van der Waals surface area contributed by atoms with Gasteiger partial charge in [-0.3, -0.25) is 9.78 Å². The molecular weight excluding hydrogens is 590 g/mol. The number of nitrogens with zero attached hydrogens (tertiary/aromatic N) is 3. The molecule has 5 aromatic rings. The summed E-state index contributed by atoms with van der Waals surface area (Å²) in [6.07, 6.45) is 9.33. The molecule has 1 aliphatic rings. The minimum Gasteiger partial charge on any atom is -0.493 e. The van der Waals surface area contributed by atoms with Gasteiger partial charge in [0.1, 0.15) is 18.9 Å². The molecule has 4 aromatic carbocycles. The zero-order chi connectivity index (χ0) is 32.6. The van der Waals surface area contributed by atoms with Gasteiger partial charge in [0.15, 0.2) is 23.0 Å². The average Bonchev–Trinajstić information content (AvgIpc) is 3.13. The maximum Gasteiger partial charge on any atom is 0.274 e. The Morgan fingerprint density at radius 1 is 0.830 bits per heavy atom. The fourth-order valence-electron chi connectivity index (χ4n) is 5.72. The van der Waals surface area contributed by atoms with Crippen molar-refractivity contribution in [2.24, 2.45) is 0 Å². The summed E-state index contributed by atoms with van der Waals surface area (Å²) in [5.41, 5.74) is 6.42. The lowest BCUT2D eigenvalue weighted by Crippen LogP contribution is -2.39. The Bertz CT molecular complexity index is 1850. The molecule has 0 saturated carbocycles. The van der Waals surface area contributed by atoms with E-state index in [2.05, 4.69) is 9.97 Å². The maximum absolute atomic E-state index is 13.8. The lowest BCUT2D eigenvalue weighted by molar-refractivity contribution is 0.0694. The van der Waals surface area contributed by atoms with E-state index >= 15 is 0 Å². The molecule has 238 valence electrons. The Morgan fingerprint density at radius 2 is 1.47 bits per heavy atom. The SMILES string of the molecule is COc1cc(C)c(/C=C/C2c3cc(OC)c(OCc4ccccc4)cc3CCN2C(=O)c2cnccn2)cc1OCc1ccccc1. The molecule has 47 heavy (non-hydrogen) atoms. The second-order valence-corrected chi connectivity index (χ2v) is 11.3. The topological polar surface area (TPSA) is 83.0 Å². The highest BCUT2D eigenvalue weighted by molar-refractivity contribution is 5.92. The number of benzene rings is 4. The van der Waals surface area contributed by atoms with Crippen molar-refractivity contribution in [1.29, 1.82) is 0 Å². The van der Waals surface area contributed by atoms with Crippen LogP contribution in [0, 0.1) is 6.92 Å². The molecule has 1 aromatic heterocycles. The average molecular weight is 628 g/mol. The molecule has 0 radical (unpaired) electrons.